The Kier molecular flexibility index (Phi) is 6.05. The van der Waals surface area contributed by atoms with Gasteiger partial charge in [0.1, 0.15) is 11.2 Å². The van der Waals surface area contributed by atoms with Crippen molar-refractivity contribution in [3.63, 3.8) is 0 Å². The summed E-state index contributed by atoms with van der Waals surface area (Å²) in [6.45, 7) is 0. The average Bonchev–Trinajstić information content (AvgIpc) is 3.87. The van der Waals surface area contributed by atoms with Crippen LogP contribution in [0.25, 0.3) is 104 Å². The van der Waals surface area contributed by atoms with Gasteiger partial charge in [-0.05, 0) is 35.9 Å². The molecule has 7 aromatic carbocycles. The molecule has 4 aromatic heterocycles. The van der Waals surface area contributed by atoms with E-state index in [9.17, 15) is 0 Å². The second-order valence-electron chi connectivity index (χ2n) is 12.8. The molecule has 0 aliphatic carbocycles. The van der Waals surface area contributed by atoms with Gasteiger partial charge < -0.3 is 4.42 Å². The average molecular weight is 671 g/mol. The van der Waals surface area contributed by atoms with Crippen molar-refractivity contribution in [2.24, 2.45) is 0 Å². The first-order chi connectivity index (χ1) is 25.3. The van der Waals surface area contributed by atoms with Crippen molar-refractivity contribution in [1.29, 1.82) is 0 Å². The second kappa shape index (κ2) is 10.9. The third kappa shape index (κ3) is 4.30. The Morgan fingerprint density at radius 3 is 1.92 bits per heavy atom. The molecule has 0 aliphatic rings. The lowest BCUT2D eigenvalue weighted by Gasteiger charge is -2.11. The van der Waals surface area contributed by atoms with Crippen molar-refractivity contribution < 1.29 is 4.42 Å². The van der Waals surface area contributed by atoms with Crippen LogP contribution in [0, 0.1) is 0 Å². The highest BCUT2D eigenvalue weighted by Crippen LogP contribution is 2.42. The molecule has 0 N–H and O–H groups in total. The van der Waals surface area contributed by atoms with E-state index < -0.39 is 0 Å². The van der Waals surface area contributed by atoms with Crippen molar-refractivity contribution >= 4 is 75.3 Å². The molecule has 0 saturated heterocycles. The highest BCUT2D eigenvalue weighted by atomic mass is 32.1. The maximum Gasteiger partial charge on any atom is 0.238 e. The first-order valence-electron chi connectivity index (χ1n) is 16.9. The van der Waals surface area contributed by atoms with E-state index >= 15 is 0 Å². The fourth-order valence-electron chi connectivity index (χ4n) is 7.59. The van der Waals surface area contributed by atoms with Gasteiger partial charge in [-0.3, -0.25) is 4.57 Å². The molecule has 0 amide bonds. The molecular weight excluding hydrogens is 645 g/mol. The molecule has 51 heavy (non-hydrogen) atoms. The third-order valence-electron chi connectivity index (χ3n) is 9.89. The van der Waals surface area contributed by atoms with Gasteiger partial charge in [0.15, 0.2) is 11.6 Å². The Morgan fingerprint density at radius 1 is 0.451 bits per heavy atom. The summed E-state index contributed by atoms with van der Waals surface area (Å²) in [7, 11) is 0. The van der Waals surface area contributed by atoms with Crippen molar-refractivity contribution in [3.05, 3.63) is 158 Å². The van der Waals surface area contributed by atoms with Crippen molar-refractivity contribution in [2.75, 3.05) is 0 Å². The fraction of sp³-hybridized carbons (Fsp3) is 0. The Labute approximate surface area is 295 Å². The van der Waals surface area contributed by atoms with Crippen LogP contribution in [-0.2, 0) is 0 Å². The molecule has 6 heteroatoms. The van der Waals surface area contributed by atoms with E-state index in [4.69, 9.17) is 19.4 Å². The largest absolute Gasteiger partial charge is 0.455 e. The van der Waals surface area contributed by atoms with Gasteiger partial charge in [-0.25, -0.2) is 4.98 Å². The van der Waals surface area contributed by atoms with E-state index in [1.165, 1.54) is 20.2 Å². The molecule has 0 saturated carbocycles. The summed E-state index contributed by atoms with van der Waals surface area (Å²) in [6.07, 6.45) is 0. The molecule has 0 bridgehead atoms. The molecular formula is C45H26N4OS. The molecule has 0 unspecified atom stereocenters. The molecule has 11 aromatic rings. The van der Waals surface area contributed by atoms with Crippen molar-refractivity contribution in [3.8, 4) is 39.9 Å². The van der Waals surface area contributed by atoms with Gasteiger partial charge in [0, 0.05) is 58.4 Å². The normalized spacial score (nSPS) is 11.9. The first-order valence-corrected chi connectivity index (χ1v) is 17.8. The summed E-state index contributed by atoms with van der Waals surface area (Å²) in [5.41, 5.74) is 7.72. The Morgan fingerprint density at radius 2 is 1.10 bits per heavy atom. The SMILES string of the molecule is c1ccc(-c2nc(-c3cccc4oc5c(-c6ccc7c(c6)sc6ccccc67)cccc5c34)nc(-n3c4ccccc4c4ccccc43)n2)cc1. The summed E-state index contributed by atoms with van der Waals surface area (Å²) in [5.74, 6) is 1.77. The quantitative estimate of drug-likeness (QED) is 0.187. The van der Waals surface area contributed by atoms with Gasteiger partial charge in [0.25, 0.3) is 0 Å². The van der Waals surface area contributed by atoms with Gasteiger partial charge in [-0.15, -0.1) is 11.3 Å². The molecule has 238 valence electrons. The van der Waals surface area contributed by atoms with Gasteiger partial charge in [-0.1, -0.05) is 127 Å². The summed E-state index contributed by atoms with van der Waals surface area (Å²) in [6, 6.07) is 54.9. The van der Waals surface area contributed by atoms with Gasteiger partial charge in [-0.2, -0.15) is 9.97 Å². The van der Waals surface area contributed by atoms with Gasteiger partial charge >= 0.3 is 0 Å². The van der Waals surface area contributed by atoms with Gasteiger partial charge in [0.2, 0.25) is 5.95 Å². The van der Waals surface area contributed by atoms with E-state index in [1.807, 2.05) is 53.8 Å². The standard InChI is InChI=1S/C45H26N4OS/c1-2-12-27(13-3-1)43-46-44(48-45(47-43)49-36-20-7-4-14-30(36)31-15-5-8-21-37(31)49)35-19-11-22-38-41(35)34-18-10-17-29(42(34)50-38)28-24-25-33-32-16-6-9-23-39(32)51-40(33)26-28/h1-26H. The predicted molar refractivity (Wildman–Crippen MR) is 211 cm³/mol. The number of nitrogens with zero attached hydrogens (tertiary/aromatic N) is 4. The first kappa shape index (κ1) is 28.2. The molecule has 0 spiro atoms. The maximum atomic E-state index is 6.73. The van der Waals surface area contributed by atoms with Crippen LogP contribution in [0.4, 0.5) is 0 Å². The second-order valence-corrected chi connectivity index (χ2v) is 13.9. The highest BCUT2D eigenvalue weighted by Gasteiger charge is 2.21. The summed E-state index contributed by atoms with van der Waals surface area (Å²) < 4.78 is 11.4. The molecule has 0 aliphatic heterocycles. The number of rotatable bonds is 4. The summed E-state index contributed by atoms with van der Waals surface area (Å²) >= 11 is 1.83. The molecule has 5 nitrogen and oxygen atoms in total. The number of para-hydroxylation sites is 3. The number of aromatic nitrogens is 4. The summed E-state index contributed by atoms with van der Waals surface area (Å²) in [4.78, 5) is 15.5. The molecule has 11 rings (SSSR count). The third-order valence-corrected chi connectivity index (χ3v) is 11.0. The lowest BCUT2D eigenvalue weighted by molar-refractivity contribution is 0.670. The van der Waals surface area contributed by atoms with E-state index in [2.05, 4.69) is 120 Å². The van der Waals surface area contributed by atoms with E-state index in [0.717, 1.165) is 66.0 Å². The Bertz CT molecular complexity index is 3100. The zero-order valence-corrected chi connectivity index (χ0v) is 27.9. The van der Waals surface area contributed by atoms with Crippen LogP contribution in [-0.4, -0.2) is 19.5 Å². The predicted octanol–water partition coefficient (Wildman–Crippen LogP) is 12.2. The number of hydrogen-bond donors (Lipinski definition) is 0. The van der Waals surface area contributed by atoms with E-state index in [0.29, 0.717) is 17.6 Å². The lowest BCUT2D eigenvalue weighted by atomic mass is 9.99. The van der Waals surface area contributed by atoms with E-state index in [1.54, 1.807) is 0 Å². The summed E-state index contributed by atoms with van der Waals surface area (Å²) in [5, 5.41) is 6.89. The molecule has 0 fully saturated rings. The lowest BCUT2D eigenvalue weighted by Crippen LogP contribution is -2.06. The Hall–Kier alpha value is -6.63. The molecule has 4 heterocycles. The number of fused-ring (bicyclic) bond motifs is 9. The minimum absolute atomic E-state index is 0.568. The van der Waals surface area contributed by atoms with Crippen LogP contribution in [0.15, 0.2) is 162 Å². The minimum Gasteiger partial charge on any atom is -0.455 e. The van der Waals surface area contributed by atoms with Crippen LogP contribution in [0.5, 0.6) is 0 Å². The number of thiophene rings is 1. The van der Waals surface area contributed by atoms with E-state index in [-0.39, 0.29) is 0 Å². The fourth-order valence-corrected chi connectivity index (χ4v) is 8.74. The zero-order chi connectivity index (χ0) is 33.5. The molecule has 0 radical (unpaired) electrons. The maximum absolute atomic E-state index is 6.73. The zero-order valence-electron chi connectivity index (χ0n) is 27.1. The van der Waals surface area contributed by atoms with Crippen LogP contribution >= 0.6 is 11.3 Å². The van der Waals surface area contributed by atoms with Gasteiger partial charge in [0.05, 0.1) is 11.0 Å². The monoisotopic (exact) mass is 670 g/mol. The van der Waals surface area contributed by atoms with Crippen molar-refractivity contribution in [1.82, 2.24) is 19.5 Å². The number of furan rings is 1. The highest BCUT2D eigenvalue weighted by molar-refractivity contribution is 7.25. The van der Waals surface area contributed by atoms with Crippen LogP contribution in [0.1, 0.15) is 0 Å². The van der Waals surface area contributed by atoms with Crippen LogP contribution < -0.4 is 0 Å². The minimum atomic E-state index is 0.568. The van der Waals surface area contributed by atoms with Crippen LogP contribution in [0.3, 0.4) is 0 Å². The molecule has 0 atom stereocenters. The Balaban J connectivity index is 1.15. The smallest absolute Gasteiger partial charge is 0.238 e. The van der Waals surface area contributed by atoms with Crippen molar-refractivity contribution in [2.45, 2.75) is 0 Å². The van der Waals surface area contributed by atoms with Crippen LogP contribution in [0.2, 0.25) is 0 Å². The topological polar surface area (TPSA) is 56.7 Å². The number of hydrogen-bond acceptors (Lipinski definition) is 5. The number of benzene rings is 7.